The predicted octanol–water partition coefficient (Wildman–Crippen LogP) is 6.40. The fraction of sp³-hybridized carbons (Fsp3) is 0.250. The van der Waals surface area contributed by atoms with Gasteiger partial charge in [-0.05, 0) is 67.1 Å². The molecular weight excluding hydrogens is 471 g/mol. The normalized spacial score (nSPS) is 21.2. The summed E-state index contributed by atoms with van der Waals surface area (Å²) in [5.74, 6) is -4.37. The second-order valence-corrected chi connectivity index (χ2v) is 9.50. The van der Waals surface area contributed by atoms with Crippen LogP contribution in [0, 0.1) is 23.4 Å². The monoisotopic (exact) mass is 493 g/mol. The van der Waals surface area contributed by atoms with Crippen LogP contribution in [-0.2, 0) is 4.74 Å². The number of fused-ring (bicyclic) bond motifs is 4. The number of ether oxygens (including phenoxy) is 1. The zero-order valence-corrected chi connectivity index (χ0v) is 19.0. The number of aromatic nitrogens is 1. The Morgan fingerprint density at radius 2 is 1.69 bits per heavy atom. The van der Waals surface area contributed by atoms with Crippen LogP contribution in [0.2, 0.25) is 0 Å². The summed E-state index contributed by atoms with van der Waals surface area (Å²) >= 11 is 0. The summed E-state index contributed by atoms with van der Waals surface area (Å²) in [6.45, 7) is 0.548. The highest BCUT2D eigenvalue weighted by Gasteiger charge is 2.41. The predicted molar refractivity (Wildman–Crippen MR) is 127 cm³/mol. The highest BCUT2D eigenvalue weighted by molar-refractivity contribution is 6.04. The van der Waals surface area contributed by atoms with Crippen molar-refractivity contribution in [3.63, 3.8) is 0 Å². The number of carbonyl (C=O) groups is 1. The van der Waals surface area contributed by atoms with Crippen molar-refractivity contribution < 1.29 is 32.9 Å². The molecule has 2 aliphatic heterocycles. The van der Waals surface area contributed by atoms with Gasteiger partial charge in [-0.2, -0.15) is 0 Å². The van der Waals surface area contributed by atoms with Crippen molar-refractivity contribution in [2.45, 2.75) is 31.3 Å². The minimum atomic E-state index is -1.08. The van der Waals surface area contributed by atoms with Crippen LogP contribution in [0.1, 0.15) is 41.2 Å². The zero-order valence-electron chi connectivity index (χ0n) is 19.0. The minimum absolute atomic E-state index is 0.0454. The molecule has 8 heteroatoms. The number of phenols is 1. The standard InChI is InChI=1S/C28H22F3NO4/c29-20-8-6-17(11-22(20)31)32-23-10-9-21(30)27(33)25(23)24(14-1-3-15(4-2-14)28(34)35)26(32)19-12-18-7-5-16(19)13-36-18/h1-4,6,8-11,16,18-19,33H,5,7,12-13H2,(H,34,35). The first-order valence-corrected chi connectivity index (χ1v) is 11.8. The van der Waals surface area contributed by atoms with E-state index in [1.165, 1.54) is 24.3 Å². The van der Waals surface area contributed by atoms with E-state index in [2.05, 4.69) is 0 Å². The molecule has 5 nitrogen and oxygen atoms in total. The molecule has 0 amide bonds. The van der Waals surface area contributed by atoms with Crippen molar-refractivity contribution in [2.24, 2.45) is 5.92 Å². The van der Waals surface area contributed by atoms with E-state index in [9.17, 15) is 28.2 Å². The van der Waals surface area contributed by atoms with Crippen LogP contribution in [0.4, 0.5) is 13.2 Å². The molecule has 2 N–H and O–H groups in total. The summed E-state index contributed by atoms with van der Waals surface area (Å²) in [6, 6.07) is 12.4. The number of benzene rings is 3. The van der Waals surface area contributed by atoms with E-state index in [1.54, 1.807) is 16.7 Å². The number of phenolic OH excluding ortho intramolecular Hbond substituents is 1. The first-order valence-electron chi connectivity index (χ1n) is 11.8. The Hall–Kier alpha value is -3.78. The van der Waals surface area contributed by atoms with E-state index in [0.717, 1.165) is 36.7 Å². The number of rotatable bonds is 4. The van der Waals surface area contributed by atoms with E-state index in [1.807, 2.05) is 0 Å². The average Bonchev–Trinajstić information content (AvgIpc) is 3.24. The summed E-state index contributed by atoms with van der Waals surface area (Å²) in [7, 11) is 0. The lowest BCUT2D eigenvalue weighted by atomic mass is 9.73. The number of carboxylic acids is 1. The van der Waals surface area contributed by atoms with Crippen molar-refractivity contribution in [1.29, 1.82) is 0 Å². The maximum Gasteiger partial charge on any atom is 0.335 e. The molecule has 184 valence electrons. The molecule has 0 radical (unpaired) electrons. The number of hydrogen-bond donors (Lipinski definition) is 2. The zero-order chi connectivity index (χ0) is 25.1. The molecule has 3 fully saturated rings. The van der Waals surface area contributed by atoms with Crippen molar-refractivity contribution in [3.05, 3.63) is 83.3 Å². The second-order valence-electron chi connectivity index (χ2n) is 9.50. The largest absolute Gasteiger partial charge is 0.504 e. The first kappa shape index (κ1) is 22.7. The van der Waals surface area contributed by atoms with Gasteiger partial charge >= 0.3 is 5.97 Å². The van der Waals surface area contributed by atoms with E-state index in [4.69, 9.17) is 4.74 Å². The van der Waals surface area contributed by atoms with Crippen LogP contribution in [0.5, 0.6) is 5.75 Å². The molecule has 2 bridgehead atoms. The van der Waals surface area contributed by atoms with Crippen LogP contribution < -0.4 is 0 Å². The molecule has 4 aromatic rings. The summed E-state index contributed by atoms with van der Waals surface area (Å²) < 4.78 is 50.7. The SMILES string of the molecule is O=C(O)c1ccc(-c2c(C3CC4CCC3CO4)n(-c3ccc(F)c(F)c3)c3ccc(F)c(O)c23)cc1. The quantitative estimate of drug-likeness (QED) is 0.345. The van der Waals surface area contributed by atoms with E-state index >= 15 is 0 Å². The number of hydrogen-bond acceptors (Lipinski definition) is 3. The lowest BCUT2D eigenvalue weighted by Crippen LogP contribution is -2.39. The third kappa shape index (κ3) is 3.47. The van der Waals surface area contributed by atoms with Crippen LogP contribution in [-0.4, -0.2) is 33.5 Å². The fourth-order valence-electron chi connectivity index (χ4n) is 5.82. The molecular formula is C28H22F3NO4. The van der Waals surface area contributed by atoms with Crippen molar-refractivity contribution in [3.8, 4) is 22.6 Å². The van der Waals surface area contributed by atoms with Gasteiger partial charge in [-0.25, -0.2) is 18.0 Å². The number of aromatic carboxylic acids is 1. The van der Waals surface area contributed by atoms with E-state index < -0.39 is 29.2 Å². The van der Waals surface area contributed by atoms with Gasteiger partial charge in [-0.1, -0.05) is 12.1 Å². The smallest absolute Gasteiger partial charge is 0.335 e. The number of halogens is 3. The van der Waals surface area contributed by atoms with Gasteiger partial charge in [0.15, 0.2) is 23.2 Å². The molecule has 3 unspecified atom stereocenters. The Morgan fingerprint density at radius 1 is 0.944 bits per heavy atom. The molecule has 1 saturated carbocycles. The molecule has 0 spiro atoms. The second kappa shape index (κ2) is 8.41. The molecule has 36 heavy (non-hydrogen) atoms. The van der Waals surface area contributed by atoms with E-state index in [-0.39, 0.29) is 28.9 Å². The summed E-state index contributed by atoms with van der Waals surface area (Å²) in [5.41, 5.74) is 2.74. The topological polar surface area (TPSA) is 71.7 Å². The molecule has 1 aromatic heterocycles. The average molecular weight is 493 g/mol. The van der Waals surface area contributed by atoms with Gasteiger partial charge in [0.25, 0.3) is 0 Å². The van der Waals surface area contributed by atoms with Crippen molar-refractivity contribution >= 4 is 16.9 Å². The Balaban J connectivity index is 1.71. The van der Waals surface area contributed by atoms with Gasteiger partial charge < -0.3 is 19.5 Å². The maximum atomic E-state index is 14.7. The Bertz CT molecular complexity index is 1500. The van der Waals surface area contributed by atoms with Gasteiger partial charge in [0.2, 0.25) is 0 Å². The number of carboxylic acid groups (broad SMARTS) is 1. The highest BCUT2D eigenvalue weighted by Crippen LogP contribution is 2.51. The van der Waals surface area contributed by atoms with E-state index in [0.29, 0.717) is 35.4 Å². The lowest BCUT2D eigenvalue weighted by Gasteiger charge is -2.43. The van der Waals surface area contributed by atoms with Gasteiger partial charge in [-0.15, -0.1) is 0 Å². The molecule has 7 rings (SSSR count). The van der Waals surface area contributed by atoms with Crippen molar-refractivity contribution in [2.75, 3.05) is 6.61 Å². The maximum absolute atomic E-state index is 14.7. The highest BCUT2D eigenvalue weighted by atomic mass is 19.2. The van der Waals surface area contributed by atoms with Crippen LogP contribution in [0.3, 0.4) is 0 Å². The van der Waals surface area contributed by atoms with Gasteiger partial charge in [0.1, 0.15) is 0 Å². The summed E-state index contributed by atoms with van der Waals surface area (Å²) in [5, 5.41) is 20.5. The molecule has 3 aliphatic rings. The van der Waals surface area contributed by atoms with Gasteiger partial charge in [0.05, 0.1) is 29.2 Å². The van der Waals surface area contributed by atoms with Gasteiger partial charge in [-0.3, -0.25) is 0 Å². The van der Waals surface area contributed by atoms with Crippen LogP contribution in [0.15, 0.2) is 54.6 Å². The third-order valence-corrected chi connectivity index (χ3v) is 7.52. The molecule has 3 heterocycles. The van der Waals surface area contributed by atoms with Gasteiger partial charge in [0, 0.05) is 28.9 Å². The minimum Gasteiger partial charge on any atom is -0.504 e. The third-order valence-electron chi connectivity index (χ3n) is 7.52. The Morgan fingerprint density at radius 3 is 2.31 bits per heavy atom. The number of aromatic hydroxyl groups is 1. The first-order chi connectivity index (χ1) is 17.3. The molecule has 3 aromatic carbocycles. The Kier molecular flexibility index (Phi) is 5.30. The molecule has 3 atom stereocenters. The lowest BCUT2D eigenvalue weighted by molar-refractivity contribution is -0.0744. The molecule has 1 aliphatic carbocycles. The summed E-state index contributed by atoms with van der Waals surface area (Å²) in [6.07, 6.45) is 2.58. The van der Waals surface area contributed by atoms with Crippen LogP contribution in [0.25, 0.3) is 27.7 Å². The number of nitrogens with zero attached hydrogens (tertiary/aromatic N) is 1. The summed E-state index contributed by atoms with van der Waals surface area (Å²) in [4.78, 5) is 11.4. The Labute approximate surface area is 204 Å². The molecule has 2 saturated heterocycles. The fourth-order valence-corrected chi connectivity index (χ4v) is 5.82. The van der Waals surface area contributed by atoms with Crippen LogP contribution >= 0.6 is 0 Å². The van der Waals surface area contributed by atoms with Crippen molar-refractivity contribution in [1.82, 2.24) is 4.57 Å².